The average molecular weight is 481 g/mol. The maximum atomic E-state index is 12.7. The largest absolute Gasteiger partial charge is 0.573 e. The SMILES string of the molecule is C[C@H](NC(=O)c1cc(OC(F)(F)F)cc(S(C)(=O)=O)c1)c1ncnn1-c1cc(C#N)ncn1. The van der Waals surface area contributed by atoms with Gasteiger partial charge in [0.2, 0.25) is 0 Å². The summed E-state index contributed by atoms with van der Waals surface area (Å²) in [4.78, 5) is 24.0. The molecule has 3 rings (SSSR count). The minimum absolute atomic E-state index is 0.0629. The van der Waals surface area contributed by atoms with Crippen LogP contribution in [0.5, 0.6) is 5.75 Å². The van der Waals surface area contributed by atoms with Gasteiger partial charge in [-0.15, -0.1) is 13.2 Å². The van der Waals surface area contributed by atoms with E-state index in [0.29, 0.717) is 6.07 Å². The van der Waals surface area contributed by atoms with Gasteiger partial charge in [0.1, 0.15) is 30.2 Å². The van der Waals surface area contributed by atoms with Crippen LogP contribution in [0.2, 0.25) is 0 Å². The Labute approximate surface area is 184 Å². The first kappa shape index (κ1) is 23.6. The van der Waals surface area contributed by atoms with Crippen LogP contribution in [-0.4, -0.2) is 51.7 Å². The molecule has 0 spiro atoms. The zero-order valence-corrected chi connectivity index (χ0v) is 17.7. The van der Waals surface area contributed by atoms with Gasteiger partial charge in [0.05, 0.1) is 10.9 Å². The molecule has 0 bridgehead atoms. The van der Waals surface area contributed by atoms with Crippen molar-refractivity contribution < 1.29 is 31.1 Å². The molecule has 172 valence electrons. The maximum absolute atomic E-state index is 12.7. The molecule has 1 N–H and O–H groups in total. The second kappa shape index (κ2) is 8.82. The summed E-state index contributed by atoms with van der Waals surface area (Å²) in [6.07, 6.45) is -2.00. The van der Waals surface area contributed by atoms with Gasteiger partial charge in [-0.25, -0.2) is 23.4 Å². The Morgan fingerprint density at radius 2 is 1.91 bits per heavy atom. The van der Waals surface area contributed by atoms with Crippen molar-refractivity contribution in [3.63, 3.8) is 0 Å². The van der Waals surface area contributed by atoms with Gasteiger partial charge in [-0.3, -0.25) is 4.79 Å². The number of hydrogen-bond acceptors (Lipinski definition) is 9. The zero-order chi connectivity index (χ0) is 24.4. The third-order valence-electron chi connectivity index (χ3n) is 4.10. The van der Waals surface area contributed by atoms with E-state index >= 15 is 0 Å². The van der Waals surface area contributed by atoms with Crippen molar-refractivity contribution in [1.29, 1.82) is 5.26 Å². The topological polar surface area (TPSA) is 153 Å². The molecule has 2 heterocycles. The molecule has 1 amide bonds. The van der Waals surface area contributed by atoms with Crippen molar-refractivity contribution in [1.82, 2.24) is 30.0 Å². The van der Waals surface area contributed by atoms with Crippen LogP contribution in [0.15, 0.2) is 41.8 Å². The van der Waals surface area contributed by atoms with Crippen molar-refractivity contribution in [2.24, 2.45) is 0 Å². The summed E-state index contributed by atoms with van der Waals surface area (Å²) in [6.45, 7) is 1.51. The Morgan fingerprint density at radius 1 is 1.18 bits per heavy atom. The maximum Gasteiger partial charge on any atom is 0.573 e. The molecule has 0 radical (unpaired) electrons. The minimum Gasteiger partial charge on any atom is -0.406 e. The number of sulfone groups is 1. The average Bonchev–Trinajstić information content (AvgIpc) is 3.21. The molecule has 0 aliphatic carbocycles. The van der Waals surface area contributed by atoms with Crippen LogP contribution in [0.25, 0.3) is 5.82 Å². The third-order valence-corrected chi connectivity index (χ3v) is 5.19. The summed E-state index contributed by atoms with van der Waals surface area (Å²) in [5.74, 6) is -1.39. The molecule has 11 nitrogen and oxygen atoms in total. The number of halogens is 3. The summed E-state index contributed by atoms with van der Waals surface area (Å²) in [6, 6.07) is 4.69. The van der Waals surface area contributed by atoms with E-state index in [1.54, 1.807) is 0 Å². The number of aromatic nitrogens is 5. The molecule has 0 fully saturated rings. The van der Waals surface area contributed by atoms with Crippen LogP contribution in [-0.2, 0) is 9.84 Å². The molecular formula is C18H14F3N7O4S. The zero-order valence-electron chi connectivity index (χ0n) is 16.9. The fraction of sp³-hybridized carbons (Fsp3) is 0.222. The molecule has 0 unspecified atom stereocenters. The number of rotatable bonds is 6. The lowest BCUT2D eigenvalue weighted by Crippen LogP contribution is -2.29. The van der Waals surface area contributed by atoms with Crippen molar-refractivity contribution >= 4 is 15.7 Å². The normalized spacial score (nSPS) is 12.6. The number of amides is 1. The number of nitrogens with zero attached hydrogens (tertiary/aromatic N) is 6. The Morgan fingerprint density at radius 3 is 2.55 bits per heavy atom. The molecule has 1 atom stereocenters. The van der Waals surface area contributed by atoms with E-state index in [2.05, 4.69) is 30.1 Å². The van der Waals surface area contributed by atoms with E-state index < -0.39 is 38.8 Å². The highest BCUT2D eigenvalue weighted by atomic mass is 32.2. The van der Waals surface area contributed by atoms with Crippen LogP contribution in [0, 0.1) is 11.3 Å². The molecule has 3 aromatic rings. The van der Waals surface area contributed by atoms with Gasteiger partial charge in [0.25, 0.3) is 5.91 Å². The van der Waals surface area contributed by atoms with Gasteiger partial charge in [-0.05, 0) is 25.1 Å². The number of ether oxygens (including phenoxy) is 1. The highest BCUT2D eigenvalue weighted by molar-refractivity contribution is 7.90. The predicted octanol–water partition coefficient (Wildman–Crippen LogP) is 1.72. The molecule has 0 aliphatic heterocycles. The van der Waals surface area contributed by atoms with Gasteiger partial charge in [-0.1, -0.05) is 0 Å². The number of nitrogens with one attached hydrogen (secondary N) is 1. The van der Waals surface area contributed by atoms with E-state index in [1.165, 1.54) is 24.0 Å². The number of carbonyl (C=O) groups is 1. The van der Waals surface area contributed by atoms with Gasteiger partial charge >= 0.3 is 6.36 Å². The third kappa shape index (κ3) is 5.80. The Bertz CT molecular complexity index is 1350. The summed E-state index contributed by atoms with van der Waals surface area (Å²) >= 11 is 0. The standard InChI is InChI=1S/C18H14F3N7O4S/c1-10(16-25-9-26-28(16)15-5-12(7-22)23-8-24-15)27-17(29)11-3-13(32-18(19,20)21)6-14(4-11)33(2,30)31/h3-6,8-10H,1-2H3,(H,27,29)/t10-/m0/s1. The smallest absolute Gasteiger partial charge is 0.406 e. The van der Waals surface area contributed by atoms with Crippen LogP contribution >= 0.6 is 0 Å². The van der Waals surface area contributed by atoms with E-state index in [0.717, 1.165) is 24.7 Å². The highest BCUT2D eigenvalue weighted by Gasteiger charge is 2.32. The summed E-state index contributed by atoms with van der Waals surface area (Å²) in [7, 11) is -3.95. The van der Waals surface area contributed by atoms with Crippen LogP contribution in [0.4, 0.5) is 13.2 Å². The van der Waals surface area contributed by atoms with Crippen LogP contribution in [0.3, 0.4) is 0 Å². The fourth-order valence-electron chi connectivity index (χ4n) is 2.70. The van der Waals surface area contributed by atoms with E-state index in [9.17, 15) is 26.4 Å². The van der Waals surface area contributed by atoms with Crippen LogP contribution < -0.4 is 10.1 Å². The number of nitriles is 1. The van der Waals surface area contributed by atoms with Crippen molar-refractivity contribution in [3.05, 3.63) is 54.0 Å². The van der Waals surface area contributed by atoms with Gasteiger partial charge in [0, 0.05) is 17.9 Å². The molecule has 1 aromatic carbocycles. The molecule has 0 saturated heterocycles. The number of carbonyl (C=O) groups excluding carboxylic acids is 1. The molecule has 0 saturated carbocycles. The van der Waals surface area contributed by atoms with Gasteiger partial charge in [-0.2, -0.15) is 15.0 Å². The van der Waals surface area contributed by atoms with Gasteiger partial charge in [0.15, 0.2) is 21.5 Å². The van der Waals surface area contributed by atoms with Crippen LogP contribution in [0.1, 0.15) is 34.8 Å². The van der Waals surface area contributed by atoms with Crippen molar-refractivity contribution in [2.45, 2.75) is 24.2 Å². The second-order valence-electron chi connectivity index (χ2n) is 6.61. The fourth-order valence-corrected chi connectivity index (χ4v) is 3.37. The molecular weight excluding hydrogens is 467 g/mol. The van der Waals surface area contributed by atoms with E-state index in [-0.39, 0.29) is 22.9 Å². The summed E-state index contributed by atoms with van der Waals surface area (Å²) in [5, 5.41) is 15.5. The first-order chi connectivity index (χ1) is 15.4. The van der Waals surface area contributed by atoms with Crippen molar-refractivity contribution in [2.75, 3.05) is 6.26 Å². The Kier molecular flexibility index (Phi) is 6.31. The summed E-state index contributed by atoms with van der Waals surface area (Å²) in [5.41, 5.74) is -0.322. The lowest BCUT2D eigenvalue weighted by molar-refractivity contribution is -0.274. The predicted molar refractivity (Wildman–Crippen MR) is 104 cm³/mol. The second-order valence-corrected chi connectivity index (χ2v) is 8.63. The number of hydrogen-bond donors (Lipinski definition) is 1. The van der Waals surface area contributed by atoms with Gasteiger partial charge < -0.3 is 10.1 Å². The highest BCUT2D eigenvalue weighted by Crippen LogP contribution is 2.27. The first-order valence-electron chi connectivity index (χ1n) is 8.91. The molecule has 15 heteroatoms. The monoisotopic (exact) mass is 481 g/mol. The quantitative estimate of drug-likeness (QED) is 0.554. The lowest BCUT2D eigenvalue weighted by Gasteiger charge is -2.16. The molecule has 0 aliphatic rings. The van der Waals surface area contributed by atoms with E-state index in [1.807, 2.05) is 6.07 Å². The van der Waals surface area contributed by atoms with Crippen molar-refractivity contribution in [3.8, 4) is 17.6 Å². The number of benzene rings is 1. The Balaban J connectivity index is 1.91. The Hall–Kier alpha value is -4.06. The molecule has 2 aromatic heterocycles. The number of alkyl halides is 3. The lowest BCUT2D eigenvalue weighted by atomic mass is 10.2. The van der Waals surface area contributed by atoms with E-state index in [4.69, 9.17) is 5.26 Å². The minimum atomic E-state index is -5.09. The molecule has 33 heavy (non-hydrogen) atoms. The first-order valence-corrected chi connectivity index (χ1v) is 10.8. The summed E-state index contributed by atoms with van der Waals surface area (Å²) < 4.78 is 66.7.